The molecule has 0 heterocycles. The second kappa shape index (κ2) is 5.61. The third-order valence-electron chi connectivity index (χ3n) is 3.12. The monoisotopic (exact) mass is 342 g/mol. The lowest BCUT2D eigenvalue weighted by Crippen LogP contribution is -2.04. The Bertz CT molecular complexity index is 628. The van der Waals surface area contributed by atoms with E-state index >= 15 is 0 Å². The topological polar surface area (TPSA) is 20.2 Å². The maximum atomic E-state index is 13.5. The number of aliphatic hydroxyl groups excluding tert-OH is 1. The summed E-state index contributed by atoms with van der Waals surface area (Å²) in [6.45, 7) is 3.75. The van der Waals surface area contributed by atoms with Gasteiger partial charge in [0.15, 0.2) is 0 Å². The van der Waals surface area contributed by atoms with Crippen LogP contribution >= 0.6 is 27.5 Å². The summed E-state index contributed by atoms with van der Waals surface area (Å²) < 4.78 is 13.8. The second-order valence-electron chi connectivity index (χ2n) is 4.50. The highest BCUT2D eigenvalue weighted by Crippen LogP contribution is 2.33. The van der Waals surface area contributed by atoms with Crippen LogP contribution in [0.3, 0.4) is 0 Å². The van der Waals surface area contributed by atoms with Crippen molar-refractivity contribution in [1.29, 1.82) is 0 Å². The summed E-state index contributed by atoms with van der Waals surface area (Å²) in [7, 11) is 0. The van der Waals surface area contributed by atoms with Gasteiger partial charge in [0.25, 0.3) is 0 Å². The number of benzene rings is 2. The second-order valence-corrected chi connectivity index (χ2v) is 5.70. The molecule has 1 atom stereocenters. The molecule has 0 aromatic heterocycles. The van der Waals surface area contributed by atoms with Crippen molar-refractivity contribution < 1.29 is 9.50 Å². The first-order valence-corrected chi connectivity index (χ1v) is 6.97. The minimum absolute atomic E-state index is 0.287. The van der Waals surface area contributed by atoms with Gasteiger partial charge in [0.1, 0.15) is 11.9 Å². The standard InChI is InChI=1S/C15H13BrClFO/c1-8-7-12(17)9(2)6-11(8)15(19)10-4-3-5-13(18)14(10)16/h3-7,15,19H,1-2H3. The zero-order valence-electron chi connectivity index (χ0n) is 10.5. The highest BCUT2D eigenvalue weighted by molar-refractivity contribution is 9.10. The first kappa shape index (κ1) is 14.5. The third kappa shape index (κ3) is 2.83. The molecule has 0 aliphatic carbocycles. The third-order valence-corrected chi connectivity index (χ3v) is 4.36. The molecule has 0 aliphatic rings. The Kier molecular flexibility index (Phi) is 4.29. The van der Waals surface area contributed by atoms with Crippen molar-refractivity contribution in [2.45, 2.75) is 20.0 Å². The average molecular weight is 344 g/mol. The van der Waals surface area contributed by atoms with Crippen LogP contribution in [-0.2, 0) is 0 Å². The van der Waals surface area contributed by atoms with Gasteiger partial charge in [-0.25, -0.2) is 4.39 Å². The van der Waals surface area contributed by atoms with E-state index in [0.29, 0.717) is 10.6 Å². The highest BCUT2D eigenvalue weighted by atomic mass is 79.9. The number of halogens is 3. The minimum Gasteiger partial charge on any atom is -0.384 e. The lowest BCUT2D eigenvalue weighted by molar-refractivity contribution is 0.218. The smallest absolute Gasteiger partial charge is 0.137 e. The van der Waals surface area contributed by atoms with Crippen molar-refractivity contribution in [3.8, 4) is 0 Å². The van der Waals surface area contributed by atoms with Gasteiger partial charge in [0, 0.05) is 10.6 Å². The largest absolute Gasteiger partial charge is 0.384 e. The number of hydrogen-bond donors (Lipinski definition) is 1. The first-order valence-electron chi connectivity index (χ1n) is 5.80. The van der Waals surface area contributed by atoms with Gasteiger partial charge in [-0.1, -0.05) is 29.8 Å². The van der Waals surface area contributed by atoms with Gasteiger partial charge in [-0.3, -0.25) is 0 Å². The molecule has 2 aromatic rings. The molecule has 0 saturated heterocycles. The summed E-state index contributed by atoms with van der Waals surface area (Å²) in [5.41, 5.74) is 2.99. The van der Waals surface area contributed by atoms with Crippen LogP contribution < -0.4 is 0 Å². The SMILES string of the molecule is Cc1cc(C(O)c2cccc(F)c2Br)c(C)cc1Cl. The minimum atomic E-state index is -0.888. The Morgan fingerprint density at radius 1 is 1.16 bits per heavy atom. The number of rotatable bonds is 2. The lowest BCUT2D eigenvalue weighted by atomic mass is 9.96. The molecule has 4 heteroatoms. The van der Waals surface area contributed by atoms with E-state index < -0.39 is 6.10 Å². The van der Waals surface area contributed by atoms with Crippen LogP contribution in [0.15, 0.2) is 34.8 Å². The number of aliphatic hydroxyl groups is 1. The zero-order chi connectivity index (χ0) is 14.2. The van der Waals surface area contributed by atoms with Crippen LogP contribution in [-0.4, -0.2) is 5.11 Å². The molecule has 100 valence electrons. The molecule has 2 rings (SSSR count). The van der Waals surface area contributed by atoms with Gasteiger partial charge in [0.2, 0.25) is 0 Å². The van der Waals surface area contributed by atoms with E-state index in [9.17, 15) is 9.50 Å². The summed E-state index contributed by atoms with van der Waals surface area (Å²) >= 11 is 9.22. The highest BCUT2D eigenvalue weighted by Gasteiger charge is 2.18. The molecule has 1 N–H and O–H groups in total. The van der Waals surface area contributed by atoms with Gasteiger partial charge in [-0.2, -0.15) is 0 Å². The van der Waals surface area contributed by atoms with E-state index in [0.717, 1.165) is 16.7 Å². The fourth-order valence-corrected chi connectivity index (χ4v) is 2.70. The van der Waals surface area contributed by atoms with E-state index in [2.05, 4.69) is 15.9 Å². The molecule has 1 nitrogen and oxygen atoms in total. The van der Waals surface area contributed by atoms with Crippen molar-refractivity contribution in [1.82, 2.24) is 0 Å². The summed E-state index contributed by atoms with van der Waals surface area (Å²) in [6.07, 6.45) is -0.888. The van der Waals surface area contributed by atoms with Gasteiger partial charge >= 0.3 is 0 Å². The van der Waals surface area contributed by atoms with Crippen molar-refractivity contribution in [2.24, 2.45) is 0 Å². The molecule has 19 heavy (non-hydrogen) atoms. The molecule has 1 unspecified atom stereocenters. The van der Waals surface area contributed by atoms with E-state index in [1.165, 1.54) is 6.07 Å². The first-order chi connectivity index (χ1) is 8.91. The molecule has 0 amide bonds. The van der Waals surface area contributed by atoms with Crippen molar-refractivity contribution in [3.63, 3.8) is 0 Å². The van der Waals surface area contributed by atoms with E-state index in [1.807, 2.05) is 26.0 Å². The summed E-state index contributed by atoms with van der Waals surface area (Å²) in [4.78, 5) is 0. The van der Waals surface area contributed by atoms with Crippen LogP contribution in [0.1, 0.15) is 28.4 Å². The van der Waals surface area contributed by atoms with E-state index in [1.54, 1.807) is 12.1 Å². The molecule has 2 aromatic carbocycles. The normalized spacial score (nSPS) is 12.5. The Morgan fingerprint density at radius 3 is 2.53 bits per heavy atom. The number of aryl methyl sites for hydroxylation is 2. The number of hydrogen-bond acceptors (Lipinski definition) is 1. The van der Waals surface area contributed by atoms with Crippen molar-refractivity contribution in [3.05, 3.63) is 67.9 Å². The van der Waals surface area contributed by atoms with Gasteiger partial charge in [0.05, 0.1) is 4.47 Å². The Labute approximate surface area is 125 Å². The van der Waals surface area contributed by atoms with Crippen molar-refractivity contribution in [2.75, 3.05) is 0 Å². The van der Waals surface area contributed by atoms with Crippen LogP contribution in [0.2, 0.25) is 5.02 Å². The fourth-order valence-electron chi connectivity index (χ4n) is 2.00. The van der Waals surface area contributed by atoms with E-state index in [-0.39, 0.29) is 10.3 Å². The van der Waals surface area contributed by atoms with E-state index in [4.69, 9.17) is 11.6 Å². The van der Waals surface area contributed by atoms with Gasteiger partial charge in [-0.05, 0) is 58.6 Å². The molecule has 0 radical (unpaired) electrons. The summed E-state index contributed by atoms with van der Waals surface area (Å²) in [6, 6.07) is 8.26. The fraction of sp³-hybridized carbons (Fsp3) is 0.200. The predicted molar refractivity (Wildman–Crippen MR) is 79.1 cm³/mol. The Balaban J connectivity index is 2.53. The molecular formula is C15H13BrClFO. The maximum absolute atomic E-state index is 13.5. The predicted octanol–water partition coefficient (Wildman–Crippen LogP) is 4.94. The Morgan fingerprint density at radius 2 is 1.84 bits per heavy atom. The molecular weight excluding hydrogens is 331 g/mol. The van der Waals surface area contributed by atoms with Crippen LogP contribution in [0, 0.1) is 19.7 Å². The molecule has 0 bridgehead atoms. The zero-order valence-corrected chi connectivity index (χ0v) is 12.9. The van der Waals surface area contributed by atoms with Crippen LogP contribution in [0.5, 0.6) is 0 Å². The molecule has 0 saturated carbocycles. The quantitative estimate of drug-likeness (QED) is 0.819. The van der Waals surface area contributed by atoms with Crippen LogP contribution in [0.4, 0.5) is 4.39 Å². The molecule has 0 aliphatic heterocycles. The van der Waals surface area contributed by atoms with Crippen LogP contribution in [0.25, 0.3) is 0 Å². The average Bonchev–Trinajstić information content (AvgIpc) is 2.36. The molecule has 0 spiro atoms. The summed E-state index contributed by atoms with van der Waals surface area (Å²) in [5.74, 6) is -0.389. The summed E-state index contributed by atoms with van der Waals surface area (Å²) in [5, 5.41) is 11.1. The Hall–Kier alpha value is -0.900. The maximum Gasteiger partial charge on any atom is 0.137 e. The molecule has 0 fully saturated rings. The van der Waals surface area contributed by atoms with Gasteiger partial charge in [-0.15, -0.1) is 0 Å². The van der Waals surface area contributed by atoms with Gasteiger partial charge < -0.3 is 5.11 Å². The van der Waals surface area contributed by atoms with Crippen molar-refractivity contribution >= 4 is 27.5 Å². The lowest BCUT2D eigenvalue weighted by Gasteiger charge is -2.17.